The minimum absolute atomic E-state index is 0.0710. The number of benzene rings is 1. The van der Waals surface area contributed by atoms with Crippen molar-refractivity contribution < 1.29 is 9.59 Å². The Labute approximate surface area is 119 Å². The molecule has 1 aliphatic heterocycles. The maximum Gasteiger partial charge on any atom is 0.254 e. The van der Waals surface area contributed by atoms with Gasteiger partial charge in [-0.15, -0.1) is 0 Å². The quantitative estimate of drug-likeness (QED) is 0.869. The Bertz CT molecular complexity index is 526. The van der Waals surface area contributed by atoms with Crippen LogP contribution in [0.4, 0.5) is 5.69 Å². The Hall–Kier alpha value is -2.04. The molecule has 2 amide bonds. The minimum Gasteiger partial charge on any atom is -0.384 e. The Balaban J connectivity index is 2.01. The van der Waals surface area contributed by atoms with E-state index in [0.717, 1.165) is 18.7 Å². The summed E-state index contributed by atoms with van der Waals surface area (Å²) in [5.41, 5.74) is 2.87. The summed E-state index contributed by atoms with van der Waals surface area (Å²) in [4.78, 5) is 25.4. The molecule has 1 aromatic rings. The van der Waals surface area contributed by atoms with E-state index in [1.54, 1.807) is 7.05 Å². The van der Waals surface area contributed by atoms with Crippen LogP contribution in [-0.2, 0) is 11.2 Å². The number of fused-ring (bicyclic) bond motifs is 1. The number of hydrogen-bond donors (Lipinski definition) is 2. The van der Waals surface area contributed by atoms with E-state index >= 15 is 0 Å². The first-order valence-electron chi connectivity index (χ1n) is 6.89. The van der Waals surface area contributed by atoms with Gasteiger partial charge >= 0.3 is 0 Å². The van der Waals surface area contributed by atoms with E-state index in [2.05, 4.69) is 10.6 Å². The molecule has 0 saturated carbocycles. The number of rotatable bonds is 4. The Kier molecular flexibility index (Phi) is 4.27. The monoisotopic (exact) mass is 275 g/mol. The van der Waals surface area contributed by atoms with Gasteiger partial charge in [0, 0.05) is 30.9 Å². The van der Waals surface area contributed by atoms with Crippen molar-refractivity contribution in [3.8, 4) is 0 Å². The van der Waals surface area contributed by atoms with Gasteiger partial charge < -0.3 is 15.5 Å². The van der Waals surface area contributed by atoms with E-state index in [1.807, 2.05) is 32.0 Å². The molecule has 0 fully saturated rings. The van der Waals surface area contributed by atoms with Crippen LogP contribution in [0.5, 0.6) is 0 Å². The summed E-state index contributed by atoms with van der Waals surface area (Å²) in [6.07, 6.45) is 0.996. The van der Waals surface area contributed by atoms with Crippen molar-refractivity contribution in [1.82, 2.24) is 10.2 Å². The minimum atomic E-state index is -0.143. The molecule has 1 aliphatic rings. The maximum atomic E-state index is 12.3. The van der Waals surface area contributed by atoms with Gasteiger partial charge in [-0.1, -0.05) is 6.07 Å². The fourth-order valence-corrected chi connectivity index (χ4v) is 2.30. The van der Waals surface area contributed by atoms with Crippen molar-refractivity contribution in [1.29, 1.82) is 0 Å². The molecule has 5 heteroatoms. The van der Waals surface area contributed by atoms with Crippen LogP contribution in [-0.4, -0.2) is 42.9 Å². The maximum absolute atomic E-state index is 12.3. The van der Waals surface area contributed by atoms with Gasteiger partial charge in [0.1, 0.15) is 0 Å². The topological polar surface area (TPSA) is 61.4 Å². The summed E-state index contributed by atoms with van der Waals surface area (Å²) in [5.74, 6) is -0.282. The van der Waals surface area contributed by atoms with Gasteiger partial charge in [-0.3, -0.25) is 9.59 Å². The van der Waals surface area contributed by atoms with Crippen LogP contribution < -0.4 is 10.6 Å². The van der Waals surface area contributed by atoms with E-state index < -0.39 is 0 Å². The molecule has 20 heavy (non-hydrogen) atoms. The Morgan fingerprint density at radius 1 is 1.40 bits per heavy atom. The van der Waals surface area contributed by atoms with E-state index in [4.69, 9.17) is 0 Å². The van der Waals surface area contributed by atoms with Crippen molar-refractivity contribution >= 4 is 17.5 Å². The number of nitrogens with one attached hydrogen (secondary N) is 2. The first-order chi connectivity index (χ1) is 9.47. The molecule has 108 valence electrons. The normalized spacial score (nSPS) is 12.8. The fraction of sp³-hybridized carbons (Fsp3) is 0.467. The van der Waals surface area contributed by atoms with Crippen molar-refractivity contribution in [3.63, 3.8) is 0 Å². The molecule has 0 atom stereocenters. The molecule has 0 saturated heterocycles. The lowest BCUT2D eigenvalue weighted by atomic mass is 10.1. The fourth-order valence-electron chi connectivity index (χ4n) is 2.30. The lowest BCUT2D eigenvalue weighted by Gasteiger charge is -2.18. The largest absolute Gasteiger partial charge is 0.384 e. The summed E-state index contributed by atoms with van der Waals surface area (Å²) < 4.78 is 0. The summed E-state index contributed by atoms with van der Waals surface area (Å²) >= 11 is 0. The molecular formula is C15H21N3O2. The smallest absolute Gasteiger partial charge is 0.254 e. The van der Waals surface area contributed by atoms with Crippen LogP contribution in [0.15, 0.2) is 18.2 Å². The molecule has 2 rings (SSSR count). The summed E-state index contributed by atoms with van der Waals surface area (Å²) in [5, 5.41) is 6.03. The van der Waals surface area contributed by atoms with E-state index in [-0.39, 0.29) is 24.4 Å². The molecule has 0 unspecified atom stereocenters. The van der Waals surface area contributed by atoms with Crippen LogP contribution in [0.25, 0.3) is 0 Å². The Morgan fingerprint density at radius 3 is 2.85 bits per heavy atom. The predicted molar refractivity (Wildman–Crippen MR) is 78.9 cm³/mol. The lowest BCUT2D eigenvalue weighted by molar-refractivity contribution is -0.122. The third kappa shape index (κ3) is 3.29. The SMILES string of the molecule is CC(C)NC(=O)CN(C)C(=O)c1ccc2c(c1)NCC2. The molecule has 0 aromatic heterocycles. The van der Waals surface area contributed by atoms with Crippen molar-refractivity contribution in [3.05, 3.63) is 29.3 Å². The first kappa shape index (κ1) is 14.4. The van der Waals surface area contributed by atoms with Gasteiger partial charge in [-0.25, -0.2) is 0 Å². The molecule has 1 heterocycles. The second-order valence-corrected chi connectivity index (χ2v) is 5.43. The second kappa shape index (κ2) is 5.94. The van der Waals surface area contributed by atoms with Crippen molar-refractivity contribution in [2.75, 3.05) is 25.5 Å². The standard InChI is InChI=1S/C15H21N3O2/c1-10(2)17-14(19)9-18(3)15(20)12-5-4-11-6-7-16-13(11)8-12/h4-5,8,10,16H,6-7,9H2,1-3H3,(H,17,19). The average Bonchev–Trinajstić information content (AvgIpc) is 2.83. The van der Waals surface area contributed by atoms with Gasteiger partial charge in [0.25, 0.3) is 5.91 Å². The van der Waals surface area contributed by atoms with Crippen LogP contribution >= 0.6 is 0 Å². The van der Waals surface area contributed by atoms with Gasteiger partial charge in [-0.05, 0) is 38.0 Å². The third-order valence-corrected chi connectivity index (χ3v) is 3.24. The molecule has 0 aliphatic carbocycles. The number of hydrogen-bond acceptors (Lipinski definition) is 3. The van der Waals surface area contributed by atoms with E-state index in [0.29, 0.717) is 5.56 Å². The van der Waals surface area contributed by atoms with Gasteiger partial charge in [0.05, 0.1) is 6.54 Å². The van der Waals surface area contributed by atoms with E-state index in [9.17, 15) is 9.59 Å². The zero-order valence-electron chi connectivity index (χ0n) is 12.2. The molecule has 0 radical (unpaired) electrons. The zero-order valence-corrected chi connectivity index (χ0v) is 12.2. The molecule has 5 nitrogen and oxygen atoms in total. The highest BCUT2D eigenvalue weighted by atomic mass is 16.2. The number of carbonyl (C=O) groups is 2. The predicted octanol–water partition coefficient (Wildman–Crippen LogP) is 1.25. The molecule has 2 N–H and O–H groups in total. The van der Waals surface area contributed by atoms with Crippen LogP contribution in [0, 0.1) is 0 Å². The van der Waals surface area contributed by atoms with E-state index in [1.165, 1.54) is 10.5 Å². The summed E-state index contributed by atoms with van der Waals surface area (Å²) in [6.45, 7) is 4.78. The van der Waals surface area contributed by atoms with Gasteiger partial charge in [0.15, 0.2) is 0 Å². The summed E-state index contributed by atoms with van der Waals surface area (Å²) in [7, 11) is 1.64. The van der Waals surface area contributed by atoms with Crippen LogP contribution in [0.2, 0.25) is 0 Å². The van der Waals surface area contributed by atoms with Gasteiger partial charge in [-0.2, -0.15) is 0 Å². The molecule has 1 aromatic carbocycles. The Morgan fingerprint density at radius 2 is 2.15 bits per heavy atom. The van der Waals surface area contributed by atoms with Crippen molar-refractivity contribution in [2.24, 2.45) is 0 Å². The average molecular weight is 275 g/mol. The van der Waals surface area contributed by atoms with Crippen LogP contribution in [0.1, 0.15) is 29.8 Å². The zero-order chi connectivity index (χ0) is 14.7. The number of carbonyl (C=O) groups excluding carboxylic acids is 2. The highest BCUT2D eigenvalue weighted by Crippen LogP contribution is 2.23. The first-order valence-corrected chi connectivity index (χ1v) is 6.89. The summed E-state index contributed by atoms with van der Waals surface area (Å²) in [6, 6.07) is 5.74. The highest BCUT2D eigenvalue weighted by molar-refractivity contribution is 5.97. The third-order valence-electron chi connectivity index (χ3n) is 3.24. The number of likely N-dealkylation sites (N-methyl/N-ethyl adjacent to an activating group) is 1. The number of amides is 2. The van der Waals surface area contributed by atoms with Gasteiger partial charge in [0.2, 0.25) is 5.91 Å². The molecular weight excluding hydrogens is 254 g/mol. The number of nitrogens with zero attached hydrogens (tertiary/aromatic N) is 1. The lowest BCUT2D eigenvalue weighted by Crippen LogP contribution is -2.40. The van der Waals surface area contributed by atoms with Crippen LogP contribution in [0.3, 0.4) is 0 Å². The van der Waals surface area contributed by atoms with Crippen molar-refractivity contribution in [2.45, 2.75) is 26.3 Å². The second-order valence-electron chi connectivity index (χ2n) is 5.43. The number of anilines is 1. The highest BCUT2D eigenvalue weighted by Gasteiger charge is 2.18. The molecule has 0 bridgehead atoms. The molecule has 0 spiro atoms.